The second kappa shape index (κ2) is 5.65. The lowest BCUT2D eigenvalue weighted by atomic mass is 10.1. The van der Waals surface area contributed by atoms with Crippen LogP contribution in [0.2, 0.25) is 0 Å². The van der Waals surface area contributed by atoms with E-state index < -0.39 is 5.97 Å². The molecule has 0 aromatic carbocycles. The van der Waals surface area contributed by atoms with Gasteiger partial charge in [-0.15, -0.1) is 0 Å². The standard InChI is InChI=1S/C11H17NO4/c1-7(8(2)11(14)15)10(13)12-6-9-4-3-5-16-9/h9H,3-6H2,1-2H3,(H,12,13)(H,14,15)/b8-7-. The summed E-state index contributed by atoms with van der Waals surface area (Å²) in [5.41, 5.74) is 0.315. The van der Waals surface area contributed by atoms with Crippen LogP contribution in [0.5, 0.6) is 0 Å². The van der Waals surface area contributed by atoms with Crippen molar-refractivity contribution in [3.63, 3.8) is 0 Å². The second-order valence-corrected chi connectivity index (χ2v) is 3.90. The zero-order valence-corrected chi connectivity index (χ0v) is 9.58. The number of carboxylic acid groups (broad SMARTS) is 1. The molecule has 1 unspecified atom stereocenters. The van der Waals surface area contributed by atoms with Crippen LogP contribution in [0.25, 0.3) is 0 Å². The molecule has 1 saturated heterocycles. The fraction of sp³-hybridized carbons (Fsp3) is 0.636. The summed E-state index contributed by atoms with van der Waals surface area (Å²) in [5.74, 6) is -1.40. The monoisotopic (exact) mass is 227 g/mol. The molecule has 1 fully saturated rings. The van der Waals surface area contributed by atoms with Gasteiger partial charge in [0.05, 0.1) is 6.10 Å². The minimum absolute atomic E-state index is 0.0712. The molecule has 1 aliphatic heterocycles. The van der Waals surface area contributed by atoms with E-state index in [9.17, 15) is 9.59 Å². The Kier molecular flexibility index (Phi) is 4.49. The number of aliphatic carboxylic acids is 1. The summed E-state index contributed by atoms with van der Waals surface area (Å²) in [6.07, 6.45) is 2.03. The first-order chi connectivity index (χ1) is 7.52. The molecule has 1 rings (SSSR count). The zero-order valence-electron chi connectivity index (χ0n) is 9.58. The second-order valence-electron chi connectivity index (χ2n) is 3.90. The van der Waals surface area contributed by atoms with Gasteiger partial charge in [0.2, 0.25) is 5.91 Å². The van der Waals surface area contributed by atoms with Crippen LogP contribution >= 0.6 is 0 Å². The van der Waals surface area contributed by atoms with Crippen molar-refractivity contribution in [3.8, 4) is 0 Å². The Labute approximate surface area is 94.5 Å². The van der Waals surface area contributed by atoms with Crippen LogP contribution in [0.15, 0.2) is 11.1 Å². The van der Waals surface area contributed by atoms with E-state index >= 15 is 0 Å². The fourth-order valence-corrected chi connectivity index (χ4v) is 1.48. The van der Waals surface area contributed by atoms with Gasteiger partial charge in [-0.3, -0.25) is 4.79 Å². The molecule has 16 heavy (non-hydrogen) atoms. The van der Waals surface area contributed by atoms with E-state index in [1.54, 1.807) is 0 Å². The molecule has 1 heterocycles. The van der Waals surface area contributed by atoms with Crippen molar-refractivity contribution < 1.29 is 19.4 Å². The Bertz CT molecular complexity index is 316. The molecule has 0 bridgehead atoms. The molecule has 1 aliphatic rings. The third kappa shape index (κ3) is 3.34. The fourth-order valence-electron chi connectivity index (χ4n) is 1.48. The number of carboxylic acids is 1. The molecule has 90 valence electrons. The Hall–Kier alpha value is -1.36. The van der Waals surface area contributed by atoms with Gasteiger partial charge >= 0.3 is 5.97 Å². The third-order valence-electron chi connectivity index (χ3n) is 2.74. The normalized spacial score (nSPS) is 21.5. The van der Waals surface area contributed by atoms with Gasteiger partial charge in [0.1, 0.15) is 0 Å². The van der Waals surface area contributed by atoms with Crippen LogP contribution in [0.4, 0.5) is 0 Å². The lowest BCUT2D eigenvalue weighted by molar-refractivity contribution is -0.133. The highest BCUT2D eigenvalue weighted by atomic mass is 16.5. The van der Waals surface area contributed by atoms with Crippen LogP contribution in [0.3, 0.4) is 0 Å². The van der Waals surface area contributed by atoms with E-state index in [4.69, 9.17) is 9.84 Å². The number of carbonyl (C=O) groups is 2. The van der Waals surface area contributed by atoms with E-state index in [0.29, 0.717) is 6.54 Å². The topological polar surface area (TPSA) is 75.6 Å². The average molecular weight is 227 g/mol. The van der Waals surface area contributed by atoms with Crippen molar-refractivity contribution in [1.29, 1.82) is 0 Å². The average Bonchev–Trinajstić information content (AvgIpc) is 2.76. The highest BCUT2D eigenvalue weighted by Gasteiger charge is 2.18. The predicted molar refractivity (Wildman–Crippen MR) is 58.0 cm³/mol. The zero-order chi connectivity index (χ0) is 12.1. The quantitative estimate of drug-likeness (QED) is 0.693. The number of amides is 1. The number of hydrogen-bond acceptors (Lipinski definition) is 3. The van der Waals surface area contributed by atoms with Crippen LogP contribution < -0.4 is 5.32 Å². The minimum atomic E-state index is -1.07. The molecule has 5 heteroatoms. The Morgan fingerprint density at radius 3 is 2.56 bits per heavy atom. The number of rotatable bonds is 4. The highest BCUT2D eigenvalue weighted by molar-refractivity contribution is 6.01. The van der Waals surface area contributed by atoms with Crippen molar-refractivity contribution in [2.24, 2.45) is 0 Å². The Morgan fingerprint density at radius 1 is 1.38 bits per heavy atom. The predicted octanol–water partition coefficient (Wildman–Crippen LogP) is 0.703. The van der Waals surface area contributed by atoms with Crippen LogP contribution in [0, 0.1) is 0 Å². The number of ether oxygens (including phenoxy) is 1. The van der Waals surface area contributed by atoms with Crippen molar-refractivity contribution in [2.45, 2.75) is 32.8 Å². The van der Waals surface area contributed by atoms with Gasteiger partial charge in [0, 0.05) is 24.3 Å². The SMILES string of the molecule is C/C(C(=O)O)=C(\C)C(=O)NCC1CCCO1. The lowest BCUT2D eigenvalue weighted by Crippen LogP contribution is -2.32. The number of nitrogens with one attached hydrogen (secondary N) is 1. The van der Waals surface area contributed by atoms with Crippen molar-refractivity contribution in [1.82, 2.24) is 5.32 Å². The molecular weight excluding hydrogens is 210 g/mol. The van der Waals surface area contributed by atoms with E-state index in [1.807, 2.05) is 0 Å². The molecule has 2 N–H and O–H groups in total. The van der Waals surface area contributed by atoms with Gasteiger partial charge in [0.15, 0.2) is 0 Å². The van der Waals surface area contributed by atoms with Crippen LogP contribution in [-0.2, 0) is 14.3 Å². The molecule has 0 aromatic rings. The first kappa shape index (κ1) is 12.7. The Morgan fingerprint density at radius 2 is 2.06 bits per heavy atom. The van der Waals surface area contributed by atoms with Crippen molar-refractivity contribution >= 4 is 11.9 Å². The van der Waals surface area contributed by atoms with Crippen molar-refractivity contribution in [3.05, 3.63) is 11.1 Å². The van der Waals surface area contributed by atoms with Gasteiger partial charge in [-0.1, -0.05) is 0 Å². The molecular formula is C11H17NO4. The number of carbonyl (C=O) groups excluding carboxylic acids is 1. The first-order valence-corrected chi connectivity index (χ1v) is 5.33. The molecule has 1 atom stereocenters. The summed E-state index contributed by atoms with van der Waals surface area (Å²) >= 11 is 0. The molecule has 0 aliphatic carbocycles. The summed E-state index contributed by atoms with van der Waals surface area (Å²) in [6, 6.07) is 0. The summed E-state index contributed by atoms with van der Waals surface area (Å²) in [7, 11) is 0. The molecule has 0 radical (unpaired) electrons. The van der Waals surface area contributed by atoms with Crippen molar-refractivity contribution in [2.75, 3.05) is 13.2 Å². The van der Waals surface area contributed by atoms with E-state index in [2.05, 4.69) is 5.32 Å². The summed E-state index contributed by atoms with van der Waals surface area (Å²) in [5, 5.41) is 11.4. The maximum absolute atomic E-state index is 11.6. The largest absolute Gasteiger partial charge is 0.478 e. The van der Waals surface area contributed by atoms with Gasteiger partial charge in [-0.05, 0) is 26.7 Å². The van der Waals surface area contributed by atoms with E-state index in [0.717, 1.165) is 19.4 Å². The maximum Gasteiger partial charge on any atom is 0.331 e. The summed E-state index contributed by atoms with van der Waals surface area (Å²) in [6.45, 7) is 4.12. The molecule has 5 nitrogen and oxygen atoms in total. The maximum atomic E-state index is 11.6. The van der Waals surface area contributed by atoms with Gasteiger partial charge in [-0.2, -0.15) is 0 Å². The molecule has 0 saturated carbocycles. The molecule has 0 spiro atoms. The third-order valence-corrected chi connectivity index (χ3v) is 2.74. The number of hydrogen-bond donors (Lipinski definition) is 2. The van der Waals surface area contributed by atoms with Gasteiger partial charge in [0.25, 0.3) is 0 Å². The summed E-state index contributed by atoms with van der Waals surface area (Å²) < 4.78 is 5.34. The van der Waals surface area contributed by atoms with E-state index in [1.165, 1.54) is 13.8 Å². The molecule has 0 aromatic heterocycles. The Balaban J connectivity index is 2.45. The summed E-state index contributed by atoms with van der Waals surface area (Å²) in [4.78, 5) is 22.2. The minimum Gasteiger partial charge on any atom is -0.478 e. The first-order valence-electron chi connectivity index (χ1n) is 5.33. The smallest absolute Gasteiger partial charge is 0.331 e. The van der Waals surface area contributed by atoms with Crippen LogP contribution in [-0.4, -0.2) is 36.2 Å². The van der Waals surface area contributed by atoms with Crippen LogP contribution in [0.1, 0.15) is 26.7 Å². The lowest BCUT2D eigenvalue weighted by Gasteiger charge is -2.11. The molecule has 1 amide bonds. The van der Waals surface area contributed by atoms with E-state index in [-0.39, 0.29) is 23.2 Å². The van der Waals surface area contributed by atoms with Gasteiger partial charge < -0.3 is 15.2 Å². The van der Waals surface area contributed by atoms with Gasteiger partial charge in [-0.25, -0.2) is 4.79 Å². The highest BCUT2D eigenvalue weighted by Crippen LogP contribution is 2.11.